The lowest BCUT2D eigenvalue weighted by atomic mass is 10.1. The monoisotopic (exact) mass is 372 g/mol. The van der Waals surface area contributed by atoms with Crippen molar-refractivity contribution in [2.75, 3.05) is 0 Å². The Hall–Kier alpha value is -1.85. The van der Waals surface area contributed by atoms with E-state index in [1.54, 1.807) is 0 Å². The van der Waals surface area contributed by atoms with Crippen molar-refractivity contribution >= 4 is 50.5 Å². The average molecular weight is 373 g/mol. The smallest absolute Gasteiger partial charge is 0.264 e. The van der Waals surface area contributed by atoms with Gasteiger partial charge < -0.3 is 5.32 Å². The van der Waals surface area contributed by atoms with Gasteiger partial charge in [-0.1, -0.05) is 40.2 Å². The second-order valence-electron chi connectivity index (χ2n) is 4.82. The van der Waals surface area contributed by atoms with Crippen molar-refractivity contribution in [2.45, 2.75) is 6.92 Å². The van der Waals surface area contributed by atoms with E-state index >= 15 is 0 Å². The van der Waals surface area contributed by atoms with Crippen molar-refractivity contribution in [1.82, 2.24) is 5.32 Å². The van der Waals surface area contributed by atoms with Crippen LogP contribution in [-0.2, 0) is 4.79 Å². The maximum atomic E-state index is 12.1. The molecule has 0 aliphatic carbocycles. The van der Waals surface area contributed by atoms with E-state index in [0.29, 0.717) is 10.1 Å². The number of aliphatic imine (C=N–C) groups is 1. The number of rotatable bonds is 2. The number of hydrogen-bond donors (Lipinski definition) is 1. The third kappa shape index (κ3) is 3.48. The van der Waals surface area contributed by atoms with E-state index in [4.69, 9.17) is 0 Å². The summed E-state index contributed by atoms with van der Waals surface area (Å²) in [5, 5.41) is 3.41. The van der Waals surface area contributed by atoms with E-state index < -0.39 is 0 Å². The molecule has 0 spiro atoms. The molecule has 0 aromatic heterocycles. The molecule has 1 aliphatic heterocycles. The number of benzene rings is 2. The van der Waals surface area contributed by atoms with E-state index in [1.165, 1.54) is 11.8 Å². The number of para-hydroxylation sites is 1. The summed E-state index contributed by atoms with van der Waals surface area (Å²) in [6, 6.07) is 15.6. The molecule has 5 heteroatoms. The zero-order valence-corrected chi connectivity index (χ0v) is 14.2. The molecule has 1 N–H and O–H groups in total. The van der Waals surface area contributed by atoms with E-state index in [0.717, 1.165) is 21.3 Å². The number of aryl methyl sites for hydroxylation is 1. The topological polar surface area (TPSA) is 41.5 Å². The van der Waals surface area contributed by atoms with Crippen LogP contribution in [0.25, 0.3) is 6.08 Å². The first-order valence-corrected chi connectivity index (χ1v) is 8.33. The van der Waals surface area contributed by atoms with Gasteiger partial charge in [-0.05, 0) is 60.2 Å². The normalized spacial score (nSPS) is 18.0. The highest BCUT2D eigenvalue weighted by atomic mass is 79.9. The van der Waals surface area contributed by atoms with Crippen LogP contribution in [0.4, 0.5) is 5.69 Å². The molecule has 1 fully saturated rings. The number of amidine groups is 1. The predicted molar refractivity (Wildman–Crippen MR) is 96.1 cm³/mol. The van der Waals surface area contributed by atoms with Crippen molar-refractivity contribution < 1.29 is 4.79 Å². The van der Waals surface area contributed by atoms with Gasteiger partial charge in [-0.3, -0.25) is 4.79 Å². The lowest BCUT2D eigenvalue weighted by Gasteiger charge is -2.01. The zero-order valence-electron chi connectivity index (χ0n) is 11.8. The summed E-state index contributed by atoms with van der Waals surface area (Å²) in [4.78, 5) is 17.2. The summed E-state index contributed by atoms with van der Waals surface area (Å²) < 4.78 is 0.992. The summed E-state index contributed by atoms with van der Waals surface area (Å²) in [7, 11) is 0. The van der Waals surface area contributed by atoms with Crippen molar-refractivity contribution in [3.05, 3.63) is 69.0 Å². The molecule has 22 heavy (non-hydrogen) atoms. The Morgan fingerprint density at radius 1 is 1.18 bits per heavy atom. The third-order valence-electron chi connectivity index (χ3n) is 3.17. The number of nitrogens with zero attached hydrogens (tertiary/aromatic N) is 1. The van der Waals surface area contributed by atoms with Crippen LogP contribution in [0, 0.1) is 6.92 Å². The molecule has 3 nitrogen and oxygen atoms in total. The number of halogens is 1. The predicted octanol–water partition coefficient (Wildman–Crippen LogP) is 4.65. The molecular formula is C17H13BrN2OS. The molecule has 0 bridgehead atoms. The Balaban J connectivity index is 1.87. The van der Waals surface area contributed by atoms with Crippen molar-refractivity contribution in [1.29, 1.82) is 0 Å². The number of carbonyl (C=O) groups is 1. The highest BCUT2D eigenvalue weighted by Crippen LogP contribution is 2.29. The van der Waals surface area contributed by atoms with E-state index in [2.05, 4.69) is 26.2 Å². The molecule has 2 aromatic carbocycles. The minimum absolute atomic E-state index is 0.112. The Kier molecular flexibility index (Phi) is 4.45. The highest BCUT2D eigenvalue weighted by Gasteiger charge is 2.23. The van der Waals surface area contributed by atoms with Crippen molar-refractivity contribution in [2.24, 2.45) is 4.99 Å². The van der Waals surface area contributed by atoms with Crippen LogP contribution in [0.2, 0.25) is 0 Å². The standard InChI is InChI=1S/C17H13BrN2OS/c1-11-7-8-13(18)9-12(11)10-15-16(21)20-17(22-15)19-14-5-3-2-4-6-14/h2-10H,1H3,(H,19,20,21)/b15-10-. The molecular weight excluding hydrogens is 360 g/mol. The van der Waals surface area contributed by atoms with Crippen LogP contribution in [-0.4, -0.2) is 11.1 Å². The Morgan fingerprint density at radius 2 is 1.95 bits per heavy atom. The molecule has 0 radical (unpaired) electrons. The van der Waals surface area contributed by atoms with Gasteiger partial charge in [0.05, 0.1) is 10.6 Å². The van der Waals surface area contributed by atoms with Crippen LogP contribution < -0.4 is 5.32 Å². The number of nitrogens with one attached hydrogen (secondary N) is 1. The summed E-state index contributed by atoms with van der Waals surface area (Å²) in [5.41, 5.74) is 2.97. The van der Waals surface area contributed by atoms with E-state index in [9.17, 15) is 4.79 Å². The van der Waals surface area contributed by atoms with Gasteiger partial charge in [-0.25, -0.2) is 4.99 Å². The molecule has 1 amide bonds. The number of amides is 1. The molecule has 2 aromatic rings. The van der Waals surface area contributed by atoms with E-state index in [-0.39, 0.29) is 5.91 Å². The lowest BCUT2D eigenvalue weighted by Crippen LogP contribution is -2.19. The molecule has 1 saturated heterocycles. The second kappa shape index (κ2) is 6.50. The Labute approximate surface area is 141 Å². The number of hydrogen-bond acceptors (Lipinski definition) is 3. The first-order valence-electron chi connectivity index (χ1n) is 6.72. The Bertz CT molecular complexity index is 785. The quantitative estimate of drug-likeness (QED) is 0.779. The second-order valence-corrected chi connectivity index (χ2v) is 6.76. The first kappa shape index (κ1) is 15.1. The number of carbonyl (C=O) groups excluding carboxylic acids is 1. The molecule has 0 saturated carbocycles. The maximum absolute atomic E-state index is 12.1. The van der Waals surface area contributed by atoms with Crippen LogP contribution in [0.3, 0.4) is 0 Å². The van der Waals surface area contributed by atoms with Crippen molar-refractivity contribution in [3.63, 3.8) is 0 Å². The summed E-state index contributed by atoms with van der Waals surface area (Å²) in [5.74, 6) is -0.112. The molecule has 1 aliphatic rings. The summed E-state index contributed by atoms with van der Waals surface area (Å²) in [6.45, 7) is 2.02. The largest absolute Gasteiger partial charge is 0.300 e. The zero-order chi connectivity index (χ0) is 15.5. The SMILES string of the molecule is Cc1ccc(Br)cc1/C=C1\SC(=Nc2ccccc2)NC1=O. The van der Waals surface area contributed by atoms with Gasteiger partial charge in [0, 0.05) is 4.47 Å². The van der Waals surface area contributed by atoms with Crippen molar-refractivity contribution in [3.8, 4) is 0 Å². The summed E-state index contributed by atoms with van der Waals surface area (Å²) >= 11 is 4.81. The van der Waals surface area contributed by atoms with Crippen LogP contribution in [0.1, 0.15) is 11.1 Å². The Morgan fingerprint density at radius 3 is 2.73 bits per heavy atom. The lowest BCUT2D eigenvalue weighted by molar-refractivity contribution is -0.115. The molecule has 110 valence electrons. The van der Waals surface area contributed by atoms with Gasteiger partial charge in [-0.15, -0.1) is 0 Å². The van der Waals surface area contributed by atoms with Gasteiger partial charge in [0.1, 0.15) is 0 Å². The maximum Gasteiger partial charge on any atom is 0.264 e. The van der Waals surface area contributed by atoms with Crippen LogP contribution >= 0.6 is 27.7 Å². The minimum Gasteiger partial charge on any atom is -0.300 e. The molecule has 0 unspecified atom stereocenters. The average Bonchev–Trinajstić information content (AvgIpc) is 2.84. The third-order valence-corrected chi connectivity index (χ3v) is 4.57. The molecule has 1 heterocycles. The fourth-order valence-corrected chi connectivity index (χ4v) is 3.22. The van der Waals surface area contributed by atoms with Crippen LogP contribution in [0.15, 0.2) is 62.9 Å². The first-order chi connectivity index (χ1) is 10.6. The van der Waals surface area contributed by atoms with E-state index in [1.807, 2.05) is 61.5 Å². The van der Waals surface area contributed by atoms with Crippen LogP contribution in [0.5, 0.6) is 0 Å². The van der Waals surface area contributed by atoms with Gasteiger partial charge in [0.2, 0.25) is 0 Å². The van der Waals surface area contributed by atoms with Gasteiger partial charge in [0.25, 0.3) is 5.91 Å². The van der Waals surface area contributed by atoms with Gasteiger partial charge in [0.15, 0.2) is 5.17 Å². The molecule has 3 rings (SSSR count). The van der Waals surface area contributed by atoms with Gasteiger partial charge >= 0.3 is 0 Å². The number of thioether (sulfide) groups is 1. The summed E-state index contributed by atoms with van der Waals surface area (Å²) in [6.07, 6.45) is 1.90. The highest BCUT2D eigenvalue weighted by molar-refractivity contribution is 9.10. The minimum atomic E-state index is -0.112. The fraction of sp³-hybridized carbons (Fsp3) is 0.0588. The fourth-order valence-electron chi connectivity index (χ4n) is 2.01. The van der Waals surface area contributed by atoms with Gasteiger partial charge in [-0.2, -0.15) is 0 Å². The molecule has 0 atom stereocenters.